The van der Waals surface area contributed by atoms with Crippen molar-refractivity contribution >= 4 is 76.8 Å². The Morgan fingerprint density at radius 2 is 0.693 bits per heavy atom. The van der Waals surface area contributed by atoms with Gasteiger partial charge in [-0.05, 0) is 255 Å². The average Bonchev–Trinajstić information content (AvgIpc) is 0.906. The smallest absolute Gasteiger partial charge is 0.321 e. The van der Waals surface area contributed by atoms with Crippen LogP contribution in [0, 0.1) is 72.1 Å². The number of carbonyl (C=O) groups excluding carboxylic acids is 6. The molecule has 13 heterocycles. The van der Waals surface area contributed by atoms with E-state index in [1.807, 2.05) is 151 Å². The first kappa shape index (κ1) is 103. The van der Waals surface area contributed by atoms with Crippen molar-refractivity contribution in [1.82, 2.24) is 85.9 Å². The number of anilines is 7. The van der Waals surface area contributed by atoms with Crippen LogP contribution in [0.15, 0.2) is 175 Å². The first-order valence-corrected chi connectivity index (χ1v) is 51.5. The highest BCUT2D eigenvalue weighted by atomic mass is 16.3. The molecule has 12 amide bonds. The van der Waals surface area contributed by atoms with Crippen molar-refractivity contribution in [2.75, 3.05) is 198 Å². The lowest BCUT2D eigenvalue weighted by atomic mass is 9.54. The van der Waals surface area contributed by atoms with E-state index in [2.05, 4.69) is 203 Å². The maximum atomic E-state index is 12.9. The number of nitrogens with zero attached hydrogens (tertiary/aromatic N) is 18. The van der Waals surface area contributed by atoms with Gasteiger partial charge in [-0.15, -0.1) is 0 Å². The molecule has 9 aromatic rings. The molecule has 6 aliphatic heterocycles. The van der Waals surface area contributed by atoms with Crippen LogP contribution in [0.5, 0.6) is 0 Å². The van der Waals surface area contributed by atoms with Gasteiger partial charge in [-0.25, -0.2) is 58.7 Å². The molecule has 0 spiro atoms. The van der Waals surface area contributed by atoms with E-state index in [0.717, 1.165) is 243 Å². The lowest BCUT2D eigenvalue weighted by molar-refractivity contribution is -0.0110. The molecule has 6 N–H and O–H groups in total. The molecule has 31 nitrogen and oxygen atoms in total. The van der Waals surface area contributed by atoms with Crippen LogP contribution in [0.2, 0.25) is 0 Å². The van der Waals surface area contributed by atoms with Crippen molar-refractivity contribution in [2.45, 2.75) is 184 Å². The number of aryl methyl sites for hydroxylation is 9. The Hall–Kier alpha value is -13.0. The van der Waals surface area contributed by atoms with Crippen molar-refractivity contribution in [3.63, 3.8) is 0 Å². The van der Waals surface area contributed by atoms with E-state index in [9.17, 15) is 28.8 Å². The number of urea groups is 6. The van der Waals surface area contributed by atoms with E-state index < -0.39 is 0 Å². The summed E-state index contributed by atoms with van der Waals surface area (Å²) in [4.78, 5) is 125. The second-order valence-electron chi connectivity index (χ2n) is 39.7. The summed E-state index contributed by atoms with van der Waals surface area (Å²) in [6.07, 6.45) is 30.8. The summed E-state index contributed by atoms with van der Waals surface area (Å²) in [7, 11) is 0. The lowest BCUT2D eigenvalue weighted by Crippen LogP contribution is -2.60. The number of nitrogens with one attached hydrogen (secondary N) is 6. The summed E-state index contributed by atoms with van der Waals surface area (Å²) in [5.74, 6) is 10.1. The van der Waals surface area contributed by atoms with Crippen molar-refractivity contribution in [3.05, 3.63) is 232 Å². The number of aromatic nitrogens is 6. The summed E-state index contributed by atoms with van der Waals surface area (Å²) in [5.41, 5.74) is 13.1. The molecule has 0 radical (unpaired) electrons. The summed E-state index contributed by atoms with van der Waals surface area (Å²) in [5, 5.41) is 18.4. The second-order valence-corrected chi connectivity index (χ2v) is 39.7. The van der Waals surface area contributed by atoms with Gasteiger partial charge in [0.15, 0.2) is 0 Å². The Morgan fingerprint density at radius 3 is 1.06 bits per heavy atom. The summed E-state index contributed by atoms with van der Waals surface area (Å²) < 4.78 is 5.21. The van der Waals surface area contributed by atoms with Crippen LogP contribution in [0.1, 0.15) is 159 Å². The second kappa shape index (κ2) is 51.8. The van der Waals surface area contributed by atoms with Gasteiger partial charge in [0.1, 0.15) is 40.7 Å². The standard InChI is InChI=1S/C21H30N4O.C20H24N4O.C19H24N4O.C19H32N4O.C16H20N4O2.C14H22N4O/c1-14-2-3-19(22-13-14)24-4-6-25(7-5-24)21(26)23-20-17-9-15-8-16(11-17)12-18(20)10-15;1-15-5-8-19(21-14-15)23-9-11-24(12-10-23)20(25)22-18-7-6-16-3-2-4-17(16)13-18;1-15-3-6-17(7-4-15)14-21-19(24)23-11-9-22(10-12-23)18-8-5-16(2)13-20-18;1-3-4-5-6-7-8-11-20-19(24)23-14-12-22(13-15-23)18-10-9-17(2)16-21-18;1-13-4-5-15(17-11-13)19-6-8-20(9-7-19)16(21)18-12-14-3-2-10-22-14;1-11(2)16-14(19)18-8-6-17(7-9-18)13-5-4-12(3)10-15-13/h2-3,13,15-18,20H,4-12H2,1H3,(H,23,26);5-8,13-14H,2-4,9-12H2,1H3,(H,22,25);3-8,13H,9-12,14H2,1-2H3,(H,21,24);9-10,16H,3-8,11-15H2,1-2H3,(H,20,24);2-5,10-11H,6-9,12H2,1H3,(H,18,21);4-5,10-11H,6-9H2,1-3H3,(H,16,19). The van der Waals surface area contributed by atoms with Gasteiger partial charge in [-0.1, -0.05) is 111 Å². The maximum Gasteiger partial charge on any atom is 0.321 e. The Kier molecular flexibility index (Phi) is 38.1. The van der Waals surface area contributed by atoms with Crippen LogP contribution in [0.25, 0.3) is 0 Å². The fraction of sp³-hybridized carbons (Fsp3) is 0.523. The molecule has 0 unspecified atom stereocenters. The van der Waals surface area contributed by atoms with Gasteiger partial charge in [0.25, 0.3) is 0 Å². The highest BCUT2D eigenvalue weighted by Crippen LogP contribution is 2.54. The number of furan rings is 1. The number of pyridine rings is 6. The van der Waals surface area contributed by atoms with Crippen LogP contribution in [-0.2, 0) is 25.9 Å². The number of carbonyl (C=O) groups is 6. The molecule has 10 fully saturated rings. The monoisotopic (exact) mass is 1910 g/mol. The van der Waals surface area contributed by atoms with Gasteiger partial charge >= 0.3 is 36.2 Å². The molecule has 750 valence electrons. The molecule has 0 atom stereocenters. The predicted molar refractivity (Wildman–Crippen MR) is 558 cm³/mol. The number of rotatable bonds is 20. The first-order chi connectivity index (χ1) is 67.9. The molecular weight excluding hydrogens is 1760 g/mol. The van der Waals surface area contributed by atoms with E-state index in [1.165, 1.54) is 110 Å². The lowest BCUT2D eigenvalue weighted by Gasteiger charge is -2.54. The molecule has 7 aromatic heterocycles. The maximum absolute atomic E-state index is 12.9. The number of piperazine rings is 6. The van der Waals surface area contributed by atoms with Gasteiger partial charge in [0, 0.05) is 225 Å². The van der Waals surface area contributed by atoms with E-state index in [4.69, 9.17) is 4.42 Å². The molecule has 5 aliphatic carbocycles. The Labute approximate surface area is 829 Å². The van der Waals surface area contributed by atoms with Gasteiger partial charge in [-0.2, -0.15) is 0 Å². The van der Waals surface area contributed by atoms with Crippen LogP contribution in [-0.4, -0.2) is 271 Å². The number of unbranched alkanes of at least 4 members (excludes halogenated alkanes) is 5. The minimum Gasteiger partial charge on any atom is -0.467 e. The van der Waals surface area contributed by atoms with Crippen LogP contribution in [0.4, 0.5) is 69.4 Å². The third-order valence-corrected chi connectivity index (χ3v) is 28.4. The minimum absolute atomic E-state index is 0.00513. The predicted octanol–water partition coefficient (Wildman–Crippen LogP) is 16.2. The van der Waals surface area contributed by atoms with Crippen molar-refractivity contribution in [1.29, 1.82) is 0 Å². The van der Waals surface area contributed by atoms with Crippen molar-refractivity contribution < 1.29 is 33.2 Å². The number of benzene rings is 2. The number of hydrogen-bond donors (Lipinski definition) is 6. The van der Waals surface area contributed by atoms with Crippen molar-refractivity contribution in [2.24, 2.45) is 23.7 Å². The Morgan fingerprint density at radius 1 is 0.350 bits per heavy atom. The zero-order valence-electron chi connectivity index (χ0n) is 84.5. The summed E-state index contributed by atoms with van der Waals surface area (Å²) in [6, 6.07) is 43.8. The molecule has 20 rings (SSSR count). The fourth-order valence-electron chi connectivity index (χ4n) is 20.2. The normalized spacial score (nSPS) is 19.1. The zero-order chi connectivity index (χ0) is 98.2. The quantitative estimate of drug-likeness (QED) is 0.0386. The van der Waals surface area contributed by atoms with Gasteiger partial charge < -0.3 is 95.1 Å². The third-order valence-electron chi connectivity index (χ3n) is 28.4. The fourth-order valence-corrected chi connectivity index (χ4v) is 20.2. The molecule has 2 aromatic carbocycles. The van der Waals surface area contributed by atoms with E-state index >= 15 is 0 Å². The summed E-state index contributed by atoms with van der Waals surface area (Å²) >= 11 is 0. The van der Waals surface area contributed by atoms with Crippen LogP contribution in [0.3, 0.4) is 0 Å². The molecule has 4 bridgehead atoms. The molecule has 140 heavy (non-hydrogen) atoms. The van der Waals surface area contributed by atoms with Crippen LogP contribution < -0.4 is 61.3 Å². The molecular formula is C109H152N24O7. The number of hydrogen-bond acceptors (Lipinski definition) is 19. The number of fused-ring (bicyclic) bond motifs is 1. The van der Waals surface area contributed by atoms with E-state index in [-0.39, 0.29) is 42.2 Å². The van der Waals surface area contributed by atoms with Gasteiger partial charge in [0.05, 0.1) is 12.8 Å². The Balaban J connectivity index is 0.000000134. The van der Waals surface area contributed by atoms with E-state index in [1.54, 1.807) is 6.26 Å². The third kappa shape index (κ3) is 30.8. The molecule has 4 saturated carbocycles. The van der Waals surface area contributed by atoms with Crippen LogP contribution >= 0.6 is 0 Å². The molecule has 31 heteroatoms. The topological polar surface area (TPSA) is 304 Å². The van der Waals surface area contributed by atoms with Crippen molar-refractivity contribution in [3.8, 4) is 0 Å². The zero-order valence-corrected chi connectivity index (χ0v) is 84.5. The molecule has 11 aliphatic rings. The minimum atomic E-state index is -0.0482. The highest BCUT2D eigenvalue weighted by Gasteiger charge is 2.49. The van der Waals surface area contributed by atoms with Gasteiger partial charge in [0.2, 0.25) is 0 Å². The first-order valence-electron chi connectivity index (χ1n) is 51.5. The van der Waals surface area contributed by atoms with Gasteiger partial charge in [-0.3, -0.25) is 0 Å². The summed E-state index contributed by atoms with van der Waals surface area (Å²) in [6.45, 7) is 41.0. The molecule has 6 saturated heterocycles. The van der Waals surface area contributed by atoms with E-state index in [0.29, 0.717) is 45.3 Å². The average molecular weight is 1910 g/mol. The highest BCUT2D eigenvalue weighted by molar-refractivity contribution is 5.90. The largest absolute Gasteiger partial charge is 0.467 e. The SMILES string of the molecule is CCCCCCCCNC(=O)N1CCN(c2ccc(C)cn2)CC1.Cc1ccc(CNC(=O)N2CCN(c3ccc(C)cn3)CC2)cc1.Cc1ccc(N2CCN(C(=O)NC(C)C)CC2)nc1.Cc1ccc(N2CCN(C(=O)NC3C4CC5CC(C4)CC3C5)CC2)nc1.Cc1ccc(N2CCN(C(=O)NCc3ccco3)CC2)nc1.Cc1ccc(N2CCN(C(=O)Nc3ccc4c(c3)CCC4)CC2)nc1. The Bertz CT molecular complexity index is 5270. The number of amides is 12.